The highest BCUT2D eigenvalue weighted by Crippen LogP contribution is 2.16. The summed E-state index contributed by atoms with van der Waals surface area (Å²) in [5.41, 5.74) is 0. The first kappa shape index (κ1) is 18.2. The molecule has 1 N–H and O–H groups in total. The van der Waals surface area contributed by atoms with Gasteiger partial charge in [0.25, 0.3) is 0 Å². The average molecular weight is 293 g/mol. The van der Waals surface area contributed by atoms with E-state index in [1.807, 2.05) is 9.80 Å². The van der Waals surface area contributed by atoms with E-state index in [9.17, 15) is 9.59 Å². The zero-order valence-electron chi connectivity index (χ0n) is 11.8. The maximum Gasteiger partial charge on any atom is 0.307 e. The van der Waals surface area contributed by atoms with Crippen molar-refractivity contribution < 1.29 is 14.7 Å². The normalized spacial score (nSPS) is 18.9. The highest BCUT2D eigenvalue weighted by atomic mass is 35.5. The Hall–Kier alpha value is -0.810. The van der Waals surface area contributed by atoms with E-state index < -0.39 is 5.97 Å². The van der Waals surface area contributed by atoms with Gasteiger partial charge in [-0.15, -0.1) is 12.4 Å². The number of carboxylic acid groups (broad SMARTS) is 1. The second kappa shape index (κ2) is 9.15. The van der Waals surface area contributed by atoms with Crippen LogP contribution in [0.25, 0.3) is 0 Å². The molecule has 1 rings (SSSR count). The largest absolute Gasteiger partial charge is 0.481 e. The van der Waals surface area contributed by atoms with Crippen LogP contribution in [0.4, 0.5) is 0 Å². The molecule has 1 heterocycles. The van der Waals surface area contributed by atoms with Crippen molar-refractivity contribution in [2.45, 2.75) is 33.1 Å². The first-order chi connectivity index (χ1) is 8.58. The number of hydrogen-bond donors (Lipinski definition) is 1. The van der Waals surface area contributed by atoms with Crippen LogP contribution in [0.3, 0.4) is 0 Å². The van der Waals surface area contributed by atoms with E-state index in [2.05, 4.69) is 13.8 Å². The molecule has 0 radical (unpaired) electrons. The Morgan fingerprint density at radius 2 is 1.84 bits per heavy atom. The summed E-state index contributed by atoms with van der Waals surface area (Å²) in [7, 11) is 0. The average Bonchev–Trinajstić information content (AvgIpc) is 2.77. The molecule has 0 aromatic heterocycles. The molecule has 0 bridgehead atoms. The summed E-state index contributed by atoms with van der Waals surface area (Å²) in [6, 6.07) is 0. The minimum Gasteiger partial charge on any atom is -0.481 e. The van der Waals surface area contributed by atoms with Crippen molar-refractivity contribution in [2.75, 3.05) is 32.7 Å². The van der Waals surface area contributed by atoms with E-state index in [1.54, 1.807) is 0 Å². The van der Waals surface area contributed by atoms with Crippen LogP contribution in [-0.2, 0) is 9.59 Å². The molecule has 1 atom stereocenters. The maximum atomic E-state index is 12.1. The quantitative estimate of drug-likeness (QED) is 0.772. The number of aliphatic carboxylic acids is 1. The monoisotopic (exact) mass is 292 g/mol. The van der Waals surface area contributed by atoms with Crippen LogP contribution in [-0.4, -0.2) is 59.5 Å². The molecule has 0 saturated carbocycles. The van der Waals surface area contributed by atoms with Crippen molar-refractivity contribution in [3.8, 4) is 0 Å². The van der Waals surface area contributed by atoms with Gasteiger partial charge in [0.05, 0.1) is 12.5 Å². The molecule has 0 aromatic carbocycles. The van der Waals surface area contributed by atoms with Gasteiger partial charge in [-0.25, -0.2) is 0 Å². The van der Waals surface area contributed by atoms with Crippen molar-refractivity contribution >= 4 is 24.3 Å². The van der Waals surface area contributed by atoms with E-state index in [0.717, 1.165) is 32.5 Å². The van der Waals surface area contributed by atoms with Gasteiger partial charge in [0, 0.05) is 19.6 Å². The van der Waals surface area contributed by atoms with Crippen LogP contribution >= 0.6 is 12.4 Å². The van der Waals surface area contributed by atoms with Gasteiger partial charge in [-0.05, 0) is 25.8 Å². The molecule has 0 aliphatic carbocycles. The second-order valence-electron chi connectivity index (χ2n) is 4.94. The molecule has 6 heteroatoms. The molecule has 0 aromatic rings. The van der Waals surface area contributed by atoms with Crippen molar-refractivity contribution in [3.05, 3.63) is 0 Å². The van der Waals surface area contributed by atoms with Crippen molar-refractivity contribution in [1.29, 1.82) is 0 Å². The molecule has 1 amide bonds. The Bertz CT molecular complexity index is 294. The fraction of sp³-hybridized carbons (Fsp3) is 0.846. The fourth-order valence-corrected chi connectivity index (χ4v) is 2.37. The van der Waals surface area contributed by atoms with Crippen LogP contribution in [0.5, 0.6) is 0 Å². The summed E-state index contributed by atoms with van der Waals surface area (Å²) in [4.78, 5) is 26.8. The molecule has 1 unspecified atom stereocenters. The first-order valence-electron chi connectivity index (χ1n) is 6.81. The van der Waals surface area contributed by atoms with Gasteiger partial charge < -0.3 is 10.0 Å². The lowest BCUT2D eigenvalue weighted by Gasteiger charge is -2.24. The van der Waals surface area contributed by atoms with Crippen molar-refractivity contribution in [1.82, 2.24) is 9.80 Å². The van der Waals surface area contributed by atoms with Gasteiger partial charge in [0.15, 0.2) is 0 Å². The zero-order chi connectivity index (χ0) is 13.5. The lowest BCUT2D eigenvalue weighted by atomic mass is 10.1. The predicted octanol–water partition coefficient (Wildman–Crippen LogP) is 1.46. The van der Waals surface area contributed by atoms with Gasteiger partial charge >= 0.3 is 5.97 Å². The van der Waals surface area contributed by atoms with Crippen LogP contribution in [0.2, 0.25) is 0 Å². The summed E-state index contributed by atoms with van der Waals surface area (Å²) < 4.78 is 0. The lowest BCUT2D eigenvalue weighted by molar-refractivity contribution is -0.141. The Balaban J connectivity index is 0.00000324. The van der Waals surface area contributed by atoms with E-state index in [1.165, 1.54) is 0 Å². The molecule has 0 spiro atoms. The number of hydrogen-bond acceptors (Lipinski definition) is 3. The maximum absolute atomic E-state index is 12.1. The minimum atomic E-state index is -0.746. The van der Waals surface area contributed by atoms with Crippen LogP contribution in [0.15, 0.2) is 0 Å². The van der Waals surface area contributed by atoms with E-state index in [4.69, 9.17) is 5.11 Å². The molecular weight excluding hydrogens is 268 g/mol. The molecule has 19 heavy (non-hydrogen) atoms. The molecule has 1 saturated heterocycles. The van der Waals surface area contributed by atoms with E-state index >= 15 is 0 Å². The summed E-state index contributed by atoms with van der Waals surface area (Å²) in [6.07, 6.45) is 2.58. The van der Waals surface area contributed by atoms with Crippen LogP contribution in [0.1, 0.15) is 33.1 Å². The molecule has 1 aliphatic rings. The van der Waals surface area contributed by atoms with Crippen LogP contribution in [0, 0.1) is 5.92 Å². The third kappa shape index (κ3) is 5.78. The number of nitrogens with zero attached hydrogens (tertiary/aromatic N) is 2. The topological polar surface area (TPSA) is 60.9 Å². The molecule has 1 fully saturated rings. The zero-order valence-corrected chi connectivity index (χ0v) is 12.6. The lowest BCUT2D eigenvalue weighted by Crippen LogP contribution is -2.40. The van der Waals surface area contributed by atoms with Gasteiger partial charge in [0.1, 0.15) is 0 Å². The summed E-state index contributed by atoms with van der Waals surface area (Å²) in [5, 5.41) is 8.92. The van der Waals surface area contributed by atoms with Gasteiger partial charge in [-0.1, -0.05) is 13.8 Å². The Kier molecular flexibility index (Phi) is 8.76. The Labute approximate surface area is 121 Å². The third-order valence-electron chi connectivity index (χ3n) is 3.32. The Morgan fingerprint density at radius 1 is 1.26 bits per heavy atom. The van der Waals surface area contributed by atoms with Gasteiger partial charge in [-0.3, -0.25) is 14.5 Å². The Morgan fingerprint density at radius 3 is 2.26 bits per heavy atom. The smallest absolute Gasteiger partial charge is 0.307 e. The highest BCUT2D eigenvalue weighted by Gasteiger charge is 2.29. The number of amides is 1. The highest BCUT2D eigenvalue weighted by molar-refractivity contribution is 5.85. The number of carbonyl (C=O) groups is 2. The number of likely N-dealkylation sites (tertiary alicyclic amines) is 1. The number of carboxylic acids is 1. The summed E-state index contributed by atoms with van der Waals surface area (Å²) in [5.74, 6) is -0.919. The molecular formula is C13H25ClN2O3. The van der Waals surface area contributed by atoms with E-state index in [0.29, 0.717) is 19.5 Å². The van der Waals surface area contributed by atoms with Crippen LogP contribution < -0.4 is 0 Å². The second-order valence-corrected chi connectivity index (χ2v) is 4.94. The van der Waals surface area contributed by atoms with Crippen molar-refractivity contribution in [3.63, 3.8) is 0 Å². The van der Waals surface area contributed by atoms with Gasteiger partial charge in [0.2, 0.25) is 5.91 Å². The number of halogens is 1. The summed E-state index contributed by atoms with van der Waals surface area (Å²) >= 11 is 0. The fourth-order valence-electron chi connectivity index (χ4n) is 2.37. The SMILES string of the molecule is CCCN(CCC)C(=O)CN1CCC(C(=O)O)C1.Cl. The summed E-state index contributed by atoms with van der Waals surface area (Å²) in [6.45, 7) is 7.30. The number of rotatable bonds is 7. The van der Waals surface area contributed by atoms with Crippen molar-refractivity contribution in [2.24, 2.45) is 5.92 Å². The molecule has 112 valence electrons. The van der Waals surface area contributed by atoms with Gasteiger partial charge in [-0.2, -0.15) is 0 Å². The molecule has 1 aliphatic heterocycles. The minimum absolute atomic E-state index is 0. The first-order valence-corrected chi connectivity index (χ1v) is 6.81. The predicted molar refractivity (Wildman–Crippen MR) is 76.6 cm³/mol. The van der Waals surface area contributed by atoms with E-state index in [-0.39, 0.29) is 24.2 Å². The molecule has 5 nitrogen and oxygen atoms in total. The third-order valence-corrected chi connectivity index (χ3v) is 3.32. The standard InChI is InChI=1S/C13H24N2O3.ClH/c1-3-6-15(7-4-2)12(16)10-14-8-5-11(9-14)13(17)18;/h11H,3-10H2,1-2H3,(H,17,18);1H. The number of carbonyl (C=O) groups excluding carboxylic acids is 1.